The molecule has 0 aliphatic rings. The van der Waals surface area contributed by atoms with Crippen LogP contribution in [0.15, 0.2) is 47.6 Å². The maximum atomic E-state index is 12.2. The SMILES string of the molecule is COc1ccc(C(=O)N/N=C/c2ccc(OC(=O)N(C)C)cc2)cc1OC. The van der Waals surface area contributed by atoms with Gasteiger partial charge in [-0.15, -0.1) is 0 Å². The van der Waals surface area contributed by atoms with Crippen molar-refractivity contribution in [2.75, 3.05) is 28.3 Å². The fourth-order valence-corrected chi connectivity index (χ4v) is 2.02. The summed E-state index contributed by atoms with van der Waals surface area (Å²) in [4.78, 5) is 25.0. The van der Waals surface area contributed by atoms with E-state index >= 15 is 0 Å². The van der Waals surface area contributed by atoms with Crippen molar-refractivity contribution in [1.82, 2.24) is 10.3 Å². The van der Waals surface area contributed by atoms with Gasteiger partial charge in [-0.25, -0.2) is 10.2 Å². The summed E-state index contributed by atoms with van der Waals surface area (Å²) in [5, 5.41) is 3.92. The van der Waals surface area contributed by atoms with Gasteiger partial charge in [-0.3, -0.25) is 4.79 Å². The standard InChI is InChI=1S/C19H21N3O5/c1-22(2)19(24)27-15-8-5-13(6-9-15)12-20-21-18(23)14-7-10-16(25-3)17(11-14)26-4/h5-12H,1-4H3,(H,21,23)/b20-12+. The molecule has 27 heavy (non-hydrogen) atoms. The van der Waals surface area contributed by atoms with Gasteiger partial charge in [-0.1, -0.05) is 0 Å². The largest absolute Gasteiger partial charge is 0.493 e. The molecule has 8 nitrogen and oxygen atoms in total. The smallest absolute Gasteiger partial charge is 0.414 e. The van der Waals surface area contributed by atoms with Crippen molar-refractivity contribution < 1.29 is 23.8 Å². The molecular formula is C19H21N3O5. The molecule has 8 heteroatoms. The zero-order valence-corrected chi connectivity index (χ0v) is 15.6. The first-order valence-electron chi connectivity index (χ1n) is 7.99. The number of hydrogen-bond donors (Lipinski definition) is 1. The number of hydrogen-bond acceptors (Lipinski definition) is 6. The molecule has 0 spiro atoms. The van der Waals surface area contributed by atoms with E-state index in [2.05, 4.69) is 10.5 Å². The summed E-state index contributed by atoms with van der Waals surface area (Å²) >= 11 is 0. The van der Waals surface area contributed by atoms with Gasteiger partial charge in [0.05, 0.1) is 20.4 Å². The minimum Gasteiger partial charge on any atom is -0.493 e. The Balaban J connectivity index is 1.96. The van der Waals surface area contributed by atoms with Crippen molar-refractivity contribution in [1.29, 1.82) is 0 Å². The Labute approximate surface area is 157 Å². The Hall–Kier alpha value is -3.55. The van der Waals surface area contributed by atoms with Crippen LogP contribution in [0.4, 0.5) is 4.79 Å². The zero-order chi connectivity index (χ0) is 19.8. The van der Waals surface area contributed by atoms with E-state index in [0.717, 1.165) is 5.56 Å². The summed E-state index contributed by atoms with van der Waals surface area (Å²) in [5.41, 5.74) is 3.55. The van der Waals surface area contributed by atoms with Gasteiger partial charge >= 0.3 is 6.09 Å². The van der Waals surface area contributed by atoms with E-state index in [1.807, 2.05) is 0 Å². The average Bonchev–Trinajstić information content (AvgIpc) is 2.68. The van der Waals surface area contributed by atoms with Gasteiger partial charge in [0.1, 0.15) is 5.75 Å². The molecule has 0 aromatic heterocycles. The maximum absolute atomic E-state index is 12.2. The molecule has 0 aliphatic heterocycles. The highest BCUT2D eigenvalue weighted by atomic mass is 16.6. The summed E-state index contributed by atoms with van der Waals surface area (Å²) in [6, 6.07) is 11.5. The number of methoxy groups -OCH3 is 2. The lowest BCUT2D eigenvalue weighted by atomic mass is 10.2. The van der Waals surface area contributed by atoms with Gasteiger partial charge in [-0.2, -0.15) is 5.10 Å². The Morgan fingerprint density at radius 1 is 1.00 bits per heavy atom. The third-order valence-corrected chi connectivity index (χ3v) is 3.48. The van der Waals surface area contributed by atoms with Gasteiger partial charge in [-0.05, 0) is 48.0 Å². The number of nitrogens with zero attached hydrogens (tertiary/aromatic N) is 2. The van der Waals surface area contributed by atoms with Crippen molar-refractivity contribution in [2.45, 2.75) is 0 Å². The number of hydrazone groups is 1. The van der Waals surface area contributed by atoms with Crippen LogP contribution in [0.3, 0.4) is 0 Å². The number of amides is 2. The molecule has 0 fully saturated rings. The molecule has 0 bridgehead atoms. The van der Waals surface area contributed by atoms with E-state index in [9.17, 15) is 9.59 Å². The molecule has 142 valence electrons. The highest BCUT2D eigenvalue weighted by Gasteiger charge is 2.10. The molecule has 0 unspecified atom stereocenters. The molecule has 0 atom stereocenters. The van der Waals surface area contributed by atoms with Crippen LogP contribution in [-0.4, -0.2) is 51.4 Å². The molecule has 0 radical (unpaired) electrons. The quantitative estimate of drug-likeness (QED) is 0.623. The van der Waals surface area contributed by atoms with E-state index < -0.39 is 6.09 Å². The Bertz CT molecular complexity index is 832. The summed E-state index contributed by atoms with van der Waals surface area (Å²) in [7, 11) is 6.22. The van der Waals surface area contributed by atoms with Gasteiger partial charge < -0.3 is 19.1 Å². The lowest BCUT2D eigenvalue weighted by Crippen LogP contribution is -2.25. The normalized spacial score (nSPS) is 10.4. The van der Waals surface area contributed by atoms with Crippen molar-refractivity contribution in [2.24, 2.45) is 5.10 Å². The molecule has 0 saturated heterocycles. The van der Waals surface area contributed by atoms with Crippen LogP contribution < -0.4 is 19.6 Å². The second-order valence-electron chi connectivity index (χ2n) is 5.60. The molecule has 0 heterocycles. The highest BCUT2D eigenvalue weighted by molar-refractivity contribution is 5.95. The van der Waals surface area contributed by atoms with E-state index in [4.69, 9.17) is 14.2 Å². The molecule has 2 amide bonds. The summed E-state index contributed by atoms with van der Waals surface area (Å²) in [6.07, 6.45) is 1.02. The molecular weight excluding hydrogens is 350 g/mol. The van der Waals surface area contributed by atoms with E-state index in [1.165, 1.54) is 25.3 Å². The summed E-state index contributed by atoms with van der Waals surface area (Å²) in [6.45, 7) is 0. The van der Waals surface area contributed by atoms with Crippen LogP contribution in [0, 0.1) is 0 Å². The first-order valence-corrected chi connectivity index (χ1v) is 7.99. The fraction of sp³-hybridized carbons (Fsp3) is 0.211. The van der Waals surface area contributed by atoms with Crippen molar-refractivity contribution in [3.05, 3.63) is 53.6 Å². The first kappa shape index (κ1) is 19.8. The van der Waals surface area contributed by atoms with Crippen LogP contribution in [0.25, 0.3) is 0 Å². The number of carbonyl (C=O) groups is 2. The van der Waals surface area contributed by atoms with Gasteiger partial charge in [0.15, 0.2) is 11.5 Å². The molecule has 0 aliphatic carbocycles. The fourth-order valence-electron chi connectivity index (χ4n) is 2.02. The van der Waals surface area contributed by atoms with Crippen molar-refractivity contribution >= 4 is 18.2 Å². The third-order valence-electron chi connectivity index (χ3n) is 3.48. The lowest BCUT2D eigenvalue weighted by molar-refractivity contribution is 0.0954. The van der Waals surface area contributed by atoms with Crippen LogP contribution in [0.5, 0.6) is 17.2 Å². The predicted octanol–water partition coefficient (Wildman–Crippen LogP) is 2.53. The average molecular weight is 371 g/mol. The highest BCUT2D eigenvalue weighted by Crippen LogP contribution is 2.27. The van der Waals surface area contributed by atoms with E-state index in [1.54, 1.807) is 56.6 Å². The first-order chi connectivity index (χ1) is 12.9. The number of carbonyl (C=O) groups excluding carboxylic acids is 2. The molecule has 2 aromatic carbocycles. The Morgan fingerprint density at radius 3 is 2.26 bits per heavy atom. The molecule has 2 aromatic rings. The molecule has 1 N–H and O–H groups in total. The van der Waals surface area contributed by atoms with Gasteiger partial charge in [0.2, 0.25) is 0 Å². The van der Waals surface area contributed by atoms with E-state index in [0.29, 0.717) is 22.8 Å². The summed E-state index contributed by atoms with van der Waals surface area (Å²) in [5.74, 6) is 1.02. The minimum atomic E-state index is -0.460. The Kier molecular flexibility index (Phi) is 6.76. The lowest BCUT2D eigenvalue weighted by Gasteiger charge is -2.10. The van der Waals surface area contributed by atoms with Gasteiger partial charge in [0.25, 0.3) is 5.91 Å². The van der Waals surface area contributed by atoms with Crippen LogP contribution in [0.2, 0.25) is 0 Å². The topological polar surface area (TPSA) is 89.5 Å². The van der Waals surface area contributed by atoms with Crippen molar-refractivity contribution in [3.63, 3.8) is 0 Å². The van der Waals surface area contributed by atoms with Crippen LogP contribution in [0.1, 0.15) is 15.9 Å². The molecule has 0 saturated carbocycles. The molecule has 2 rings (SSSR count). The number of benzene rings is 2. The minimum absolute atomic E-state index is 0.385. The number of nitrogens with one attached hydrogen (secondary N) is 1. The van der Waals surface area contributed by atoms with Gasteiger partial charge in [0, 0.05) is 19.7 Å². The predicted molar refractivity (Wildman–Crippen MR) is 101 cm³/mol. The van der Waals surface area contributed by atoms with Crippen LogP contribution in [-0.2, 0) is 0 Å². The second-order valence-corrected chi connectivity index (χ2v) is 5.60. The summed E-state index contributed by atoms with van der Waals surface area (Å²) < 4.78 is 15.4. The zero-order valence-electron chi connectivity index (χ0n) is 15.6. The number of rotatable bonds is 6. The van der Waals surface area contributed by atoms with Crippen LogP contribution >= 0.6 is 0 Å². The second kappa shape index (κ2) is 9.23. The Morgan fingerprint density at radius 2 is 1.67 bits per heavy atom. The number of ether oxygens (including phenoxy) is 3. The third kappa shape index (κ3) is 5.46. The maximum Gasteiger partial charge on any atom is 0.414 e. The van der Waals surface area contributed by atoms with Crippen molar-refractivity contribution in [3.8, 4) is 17.2 Å². The monoisotopic (exact) mass is 371 g/mol. The van der Waals surface area contributed by atoms with E-state index in [-0.39, 0.29) is 5.91 Å².